The van der Waals surface area contributed by atoms with Crippen LogP contribution >= 0.6 is 0 Å². The van der Waals surface area contributed by atoms with Gasteiger partial charge in [-0.25, -0.2) is 4.68 Å². The summed E-state index contributed by atoms with van der Waals surface area (Å²) >= 11 is 0. The van der Waals surface area contributed by atoms with Crippen LogP contribution in [0.25, 0.3) is 0 Å². The molecule has 0 bridgehead atoms. The van der Waals surface area contributed by atoms with Gasteiger partial charge < -0.3 is 5.32 Å². The van der Waals surface area contributed by atoms with Crippen molar-refractivity contribution < 1.29 is 4.79 Å². The van der Waals surface area contributed by atoms with Crippen molar-refractivity contribution in [3.63, 3.8) is 0 Å². The fraction of sp³-hybridized carbons (Fsp3) is 0.786. The van der Waals surface area contributed by atoms with Crippen LogP contribution in [0.2, 0.25) is 0 Å². The third-order valence-corrected chi connectivity index (χ3v) is 4.63. The lowest BCUT2D eigenvalue weighted by Crippen LogP contribution is -2.43. The number of nitrogens with zero attached hydrogens (tertiary/aromatic N) is 3. The number of hydrogen-bond acceptors (Lipinski definition) is 4. The van der Waals surface area contributed by atoms with Crippen LogP contribution in [0.3, 0.4) is 0 Å². The number of aromatic nitrogens is 3. The van der Waals surface area contributed by atoms with E-state index in [2.05, 4.69) is 22.6 Å². The van der Waals surface area contributed by atoms with Crippen molar-refractivity contribution in [1.29, 1.82) is 0 Å². The van der Waals surface area contributed by atoms with E-state index in [0.717, 1.165) is 25.9 Å². The van der Waals surface area contributed by atoms with E-state index in [1.165, 1.54) is 19.3 Å². The Morgan fingerprint density at radius 1 is 1.47 bits per heavy atom. The monoisotopic (exact) mass is 262 g/mol. The molecule has 19 heavy (non-hydrogen) atoms. The van der Waals surface area contributed by atoms with E-state index in [-0.39, 0.29) is 11.7 Å². The highest BCUT2D eigenvalue weighted by Gasteiger charge is 2.29. The molecule has 1 saturated carbocycles. The van der Waals surface area contributed by atoms with Crippen molar-refractivity contribution in [1.82, 2.24) is 20.3 Å². The van der Waals surface area contributed by atoms with Gasteiger partial charge >= 0.3 is 0 Å². The van der Waals surface area contributed by atoms with Gasteiger partial charge in [0.2, 0.25) is 0 Å². The highest BCUT2D eigenvalue weighted by Crippen LogP contribution is 2.32. The van der Waals surface area contributed by atoms with Crippen LogP contribution in [-0.4, -0.2) is 33.9 Å². The molecular weight excluding hydrogens is 240 g/mol. The Morgan fingerprint density at radius 3 is 3.00 bits per heavy atom. The maximum absolute atomic E-state index is 12.5. The molecule has 1 aromatic heterocycles. The van der Waals surface area contributed by atoms with Crippen molar-refractivity contribution in [2.24, 2.45) is 11.8 Å². The molecule has 5 nitrogen and oxygen atoms in total. The first-order valence-corrected chi connectivity index (χ1v) is 7.44. The van der Waals surface area contributed by atoms with Gasteiger partial charge in [-0.1, -0.05) is 31.4 Å². The smallest absolute Gasteiger partial charge is 0.187 e. The van der Waals surface area contributed by atoms with Crippen LogP contribution < -0.4 is 5.32 Å². The number of Topliss-reactive ketones (excluding diaryl/α,β-unsaturated/α-hetero) is 1. The van der Waals surface area contributed by atoms with E-state index in [0.29, 0.717) is 17.7 Å². The number of ketones is 1. The van der Waals surface area contributed by atoms with Crippen molar-refractivity contribution in [2.75, 3.05) is 13.1 Å². The lowest BCUT2D eigenvalue weighted by molar-refractivity contribution is 0.0856. The Kier molecular flexibility index (Phi) is 3.64. The predicted molar refractivity (Wildman–Crippen MR) is 72.0 cm³/mol. The molecule has 1 N–H and O–H groups in total. The Balaban J connectivity index is 1.67. The maximum atomic E-state index is 12.5. The van der Waals surface area contributed by atoms with Gasteiger partial charge in [0.05, 0.1) is 12.2 Å². The van der Waals surface area contributed by atoms with E-state index >= 15 is 0 Å². The van der Waals surface area contributed by atoms with Gasteiger partial charge in [-0.15, -0.1) is 5.10 Å². The largest absolute Gasteiger partial charge is 0.312 e. The summed E-state index contributed by atoms with van der Waals surface area (Å²) in [5.41, 5.74) is 0.564. The van der Waals surface area contributed by atoms with Crippen molar-refractivity contribution in [3.8, 4) is 0 Å². The summed E-state index contributed by atoms with van der Waals surface area (Å²) in [4.78, 5) is 12.5. The second-order valence-corrected chi connectivity index (χ2v) is 5.90. The molecule has 1 aromatic rings. The van der Waals surface area contributed by atoms with Crippen molar-refractivity contribution >= 4 is 5.78 Å². The van der Waals surface area contributed by atoms with Gasteiger partial charge in [0.25, 0.3) is 0 Å². The van der Waals surface area contributed by atoms with Crippen molar-refractivity contribution in [2.45, 2.75) is 45.1 Å². The molecule has 104 valence electrons. The standard InChI is InChI=1S/C14H22N4O/c1-2-10-4-3-5-11(6-10)14(19)13-9-18(17-16-13)12-7-15-8-12/h9-12,15H,2-8H2,1H3. The fourth-order valence-electron chi connectivity index (χ4n) is 3.14. The fourth-order valence-corrected chi connectivity index (χ4v) is 3.14. The van der Waals surface area contributed by atoms with Gasteiger partial charge in [-0.2, -0.15) is 0 Å². The van der Waals surface area contributed by atoms with E-state index in [9.17, 15) is 4.79 Å². The van der Waals surface area contributed by atoms with Gasteiger partial charge in [0, 0.05) is 19.0 Å². The van der Waals surface area contributed by atoms with Gasteiger partial charge in [0.15, 0.2) is 5.78 Å². The first-order valence-electron chi connectivity index (χ1n) is 7.44. The highest BCUT2D eigenvalue weighted by atomic mass is 16.1. The lowest BCUT2D eigenvalue weighted by atomic mass is 9.78. The van der Waals surface area contributed by atoms with Crippen LogP contribution in [0.4, 0.5) is 0 Å². The van der Waals surface area contributed by atoms with Gasteiger partial charge in [-0.3, -0.25) is 4.79 Å². The summed E-state index contributed by atoms with van der Waals surface area (Å²) < 4.78 is 1.84. The topological polar surface area (TPSA) is 59.8 Å². The molecular formula is C14H22N4O. The third kappa shape index (κ3) is 2.56. The average molecular weight is 262 g/mol. The minimum Gasteiger partial charge on any atom is -0.312 e. The molecule has 1 aliphatic carbocycles. The van der Waals surface area contributed by atoms with E-state index in [1.54, 1.807) is 0 Å². The summed E-state index contributed by atoms with van der Waals surface area (Å²) in [5.74, 6) is 1.09. The molecule has 0 aromatic carbocycles. The zero-order chi connectivity index (χ0) is 13.2. The minimum atomic E-state index is 0.170. The van der Waals surface area contributed by atoms with E-state index in [1.807, 2.05) is 10.9 Å². The molecule has 1 aliphatic heterocycles. The number of hydrogen-bond donors (Lipinski definition) is 1. The van der Waals surface area contributed by atoms with Crippen LogP contribution in [-0.2, 0) is 0 Å². The summed E-state index contributed by atoms with van der Waals surface area (Å²) in [5, 5.41) is 11.4. The summed E-state index contributed by atoms with van der Waals surface area (Å²) in [6, 6.07) is 0.379. The average Bonchev–Trinajstić information content (AvgIpc) is 2.85. The molecule has 2 fully saturated rings. The molecule has 2 heterocycles. The Morgan fingerprint density at radius 2 is 2.32 bits per heavy atom. The number of carbonyl (C=O) groups excluding carboxylic acids is 1. The molecule has 2 unspecified atom stereocenters. The van der Waals surface area contributed by atoms with E-state index < -0.39 is 0 Å². The Labute approximate surface area is 113 Å². The summed E-state index contributed by atoms with van der Waals surface area (Å²) in [6.07, 6.45) is 7.53. The molecule has 2 aliphatic rings. The lowest BCUT2D eigenvalue weighted by Gasteiger charge is -2.27. The zero-order valence-corrected chi connectivity index (χ0v) is 11.5. The van der Waals surface area contributed by atoms with Crippen LogP contribution in [0.15, 0.2) is 6.20 Å². The second-order valence-electron chi connectivity index (χ2n) is 5.90. The molecule has 0 amide bonds. The maximum Gasteiger partial charge on any atom is 0.187 e. The van der Waals surface area contributed by atoms with Crippen LogP contribution in [0.5, 0.6) is 0 Å². The summed E-state index contributed by atoms with van der Waals surface area (Å²) in [7, 11) is 0. The van der Waals surface area contributed by atoms with Gasteiger partial charge in [0.1, 0.15) is 5.69 Å². The molecule has 2 atom stereocenters. The quantitative estimate of drug-likeness (QED) is 0.841. The normalized spacial score (nSPS) is 28.1. The number of nitrogens with one attached hydrogen (secondary N) is 1. The first kappa shape index (κ1) is 12.8. The Bertz CT molecular complexity index is 452. The third-order valence-electron chi connectivity index (χ3n) is 4.63. The predicted octanol–water partition coefficient (Wildman–Crippen LogP) is 1.82. The minimum absolute atomic E-state index is 0.170. The second kappa shape index (κ2) is 5.41. The van der Waals surface area contributed by atoms with Crippen LogP contribution in [0.1, 0.15) is 55.6 Å². The number of carbonyl (C=O) groups is 1. The molecule has 0 spiro atoms. The van der Waals surface area contributed by atoms with Crippen molar-refractivity contribution in [3.05, 3.63) is 11.9 Å². The SMILES string of the molecule is CCC1CCCC(C(=O)c2cn(C3CNC3)nn2)C1. The highest BCUT2D eigenvalue weighted by molar-refractivity contribution is 5.95. The molecule has 0 radical (unpaired) electrons. The Hall–Kier alpha value is -1.23. The number of rotatable bonds is 4. The molecule has 3 rings (SSSR count). The summed E-state index contributed by atoms with van der Waals surface area (Å²) in [6.45, 7) is 4.08. The zero-order valence-electron chi connectivity index (χ0n) is 11.5. The molecule has 1 saturated heterocycles. The first-order chi connectivity index (χ1) is 9.28. The van der Waals surface area contributed by atoms with E-state index in [4.69, 9.17) is 0 Å². The van der Waals surface area contributed by atoms with Gasteiger partial charge in [-0.05, 0) is 18.8 Å². The van der Waals surface area contributed by atoms with Crippen LogP contribution in [0, 0.1) is 11.8 Å². The molecule has 5 heteroatoms.